The number of carbonyl (C=O) groups excluding carboxylic acids is 2. The summed E-state index contributed by atoms with van der Waals surface area (Å²) >= 11 is 0. The summed E-state index contributed by atoms with van der Waals surface area (Å²) in [6, 6.07) is 1.90. The van der Waals surface area contributed by atoms with Crippen LogP contribution in [0, 0.1) is 5.41 Å². The van der Waals surface area contributed by atoms with Crippen LogP contribution in [-0.4, -0.2) is 46.0 Å². The zero-order valence-electron chi connectivity index (χ0n) is 15.6. The van der Waals surface area contributed by atoms with E-state index in [0.29, 0.717) is 24.7 Å². The third-order valence-corrected chi connectivity index (χ3v) is 5.97. The molecule has 1 aromatic heterocycles. The summed E-state index contributed by atoms with van der Waals surface area (Å²) in [5.74, 6) is 0.455. The largest absolute Gasteiger partial charge is 0.351 e. The molecule has 1 aromatic rings. The normalized spacial score (nSPS) is 22.6. The SMILES string of the molecule is CCC1(C(=O)NC2CCN(C(=O)c3cc(C(C)C)[nH]n3)C2)CCCC1. The van der Waals surface area contributed by atoms with E-state index in [2.05, 4.69) is 36.3 Å². The summed E-state index contributed by atoms with van der Waals surface area (Å²) in [6.45, 7) is 7.49. The van der Waals surface area contributed by atoms with Gasteiger partial charge in [0.25, 0.3) is 5.91 Å². The van der Waals surface area contributed by atoms with E-state index in [1.807, 2.05) is 6.07 Å². The van der Waals surface area contributed by atoms with Crippen molar-refractivity contribution in [3.8, 4) is 0 Å². The Hall–Kier alpha value is -1.85. The lowest BCUT2D eigenvalue weighted by atomic mass is 9.82. The molecule has 1 atom stereocenters. The standard InChI is InChI=1S/C19H30N4O2/c1-4-19(8-5-6-9-19)18(25)20-14-7-10-23(12-14)17(24)16-11-15(13(2)3)21-22-16/h11,13-14H,4-10,12H2,1-3H3,(H,20,25)(H,21,22). The van der Waals surface area contributed by atoms with Crippen molar-refractivity contribution >= 4 is 11.8 Å². The number of amides is 2. The van der Waals surface area contributed by atoms with E-state index < -0.39 is 0 Å². The molecule has 0 aromatic carbocycles. The topological polar surface area (TPSA) is 78.1 Å². The van der Waals surface area contributed by atoms with Gasteiger partial charge in [-0.25, -0.2) is 0 Å². The highest BCUT2D eigenvalue weighted by Crippen LogP contribution is 2.41. The molecule has 1 aliphatic heterocycles. The quantitative estimate of drug-likeness (QED) is 0.860. The van der Waals surface area contributed by atoms with Gasteiger partial charge in [-0.15, -0.1) is 0 Å². The number of nitrogens with one attached hydrogen (secondary N) is 2. The highest BCUT2D eigenvalue weighted by atomic mass is 16.2. The van der Waals surface area contributed by atoms with Crippen LogP contribution in [0.25, 0.3) is 0 Å². The molecule has 1 aliphatic carbocycles. The van der Waals surface area contributed by atoms with Crippen molar-refractivity contribution in [3.05, 3.63) is 17.5 Å². The molecule has 3 rings (SSSR count). The molecular formula is C19H30N4O2. The molecule has 1 saturated carbocycles. The average Bonchev–Trinajstić information content (AvgIpc) is 3.34. The third kappa shape index (κ3) is 3.58. The first-order chi connectivity index (χ1) is 11.9. The molecule has 2 heterocycles. The van der Waals surface area contributed by atoms with Gasteiger partial charge in [0.1, 0.15) is 5.69 Å². The van der Waals surface area contributed by atoms with Crippen molar-refractivity contribution in [2.45, 2.75) is 71.3 Å². The zero-order valence-corrected chi connectivity index (χ0v) is 15.6. The number of hydrogen-bond donors (Lipinski definition) is 2. The van der Waals surface area contributed by atoms with E-state index in [-0.39, 0.29) is 23.3 Å². The second-order valence-electron chi connectivity index (χ2n) is 7.91. The smallest absolute Gasteiger partial charge is 0.274 e. The first-order valence-corrected chi connectivity index (χ1v) is 9.61. The lowest BCUT2D eigenvalue weighted by molar-refractivity contribution is -0.131. The van der Waals surface area contributed by atoms with Gasteiger partial charge < -0.3 is 10.2 Å². The van der Waals surface area contributed by atoms with Gasteiger partial charge in [-0.05, 0) is 37.7 Å². The fourth-order valence-corrected chi connectivity index (χ4v) is 4.10. The number of aromatic amines is 1. The van der Waals surface area contributed by atoms with Crippen LogP contribution in [0.2, 0.25) is 0 Å². The second kappa shape index (κ2) is 7.18. The number of aromatic nitrogens is 2. The lowest BCUT2D eigenvalue weighted by Gasteiger charge is -2.28. The van der Waals surface area contributed by atoms with Gasteiger partial charge in [-0.1, -0.05) is 33.6 Å². The van der Waals surface area contributed by atoms with Crippen molar-refractivity contribution in [2.24, 2.45) is 5.41 Å². The van der Waals surface area contributed by atoms with Crippen LogP contribution < -0.4 is 5.32 Å². The summed E-state index contributed by atoms with van der Waals surface area (Å²) in [6.07, 6.45) is 6.01. The number of rotatable bonds is 5. The van der Waals surface area contributed by atoms with Gasteiger partial charge in [-0.2, -0.15) is 5.10 Å². The summed E-state index contributed by atoms with van der Waals surface area (Å²) in [5.41, 5.74) is 1.27. The number of nitrogens with zero attached hydrogens (tertiary/aromatic N) is 2. The molecule has 0 radical (unpaired) electrons. The maximum Gasteiger partial charge on any atom is 0.274 e. The number of likely N-dealkylation sites (tertiary alicyclic amines) is 1. The summed E-state index contributed by atoms with van der Waals surface area (Å²) in [5, 5.41) is 10.3. The van der Waals surface area contributed by atoms with Crippen LogP contribution >= 0.6 is 0 Å². The van der Waals surface area contributed by atoms with Crippen LogP contribution in [-0.2, 0) is 4.79 Å². The molecule has 0 spiro atoms. The number of H-pyrrole nitrogens is 1. The minimum absolute atomic E-state index is 0.0500. The third-order valence-electron chi connectivity index (χ3n) is 5.97. The van der Waals surface area contributed by atoms with Crippen molar-refractivity contribution in [1.82, 2.24) is 20.4 Å². The molecule has 1 unspecified atom stereocenters. The highest BCUT2D eigenvalue weighted by Gasteiger charge is 2.41. The molecule has 2 aliphatic rings. The Morgan fingerprint density at radius 2 is 2.12 bits per heavy atom. The Bertz CT molecular complexity index is 631. The predicted molar refractivity (Wildman–Crippen MR) is 96.3 cm³/mol. The maximum absolute atomic E-state index is 12.7. The van der Waals surface area contributed by atoms with Crippen LogP contribution in [0.1, 0.15) is 81.4 Å². The Morgan fingerprint density at radius 1 is 1.40 bits per heavy atom. The molecule has 2 N–H and O–H groups in total. The van der Waals surface area contributed by atoms with Gasteiger partial charge in [0.05, 0.1) is 0 Å². The molecule has 6 nitrogen and oxygen atoms in total. The fourth-order valence-electron chi connectivity index (χ4n) is 4.10. The van der Waals surface area contributed by atoms with E-state index in [4.69, 9.17) is 0 Å². The predicted octanol–water partition coefficient (Wildman–Crippen LogP) is 2.83. The van der Waals surface area contributed by atoms with Crippen LogP contribution in [0.5, 0.6) is 0 Å². The van der Waals surface area contributed by atoms with E-state index in [1.54, 1.807) is 4.90 Å². The molecular weight excluding hydrogens is 316 g/mol. The van der Waals surface area contributed by atoms with Gasteiger partial charge in [0, 0.05) is 30.2 Å². The Labute approximate surface area is 149 Å². The van der Waals surface area contributed by atoms with E-state index in [9.17, 15) is 9.59 Å². The van der Waals surface area contributed by atoms with Crippen molar-refractivity contribution in [1.29, 1.82) is 0 Å². The molecule has 0 bridgehead atoms. The number of carbonyl (C=O) groups is 2. The monoisotopic (exact) mass is 346 g/mol. The minimum Gasteiger partial charge on any atom is -0.351 e. The van der Waals surface area contributed by atoms with Crippen LogP contribution in [0.3, 0.4) is 0 Å². The zero-order chi connectivity index (χ0) is 18.0. The molecule has 25 heavy (non-hydrogen) atoms. The average molecular weight is 346 g/mol. The highest BCUT2D eigenvalue weighted by molar-refractivity contribution is 5.92. The van der Waals surface area contributed by atoms with E-state index >= 15 is 0 Å². The Morgan fingerprint density at radius 3 is 2.72 bits per heavy atom. The van der Waals surface area contributed by atoms with Gasteiger partial charge in [0.2, 0.25) is 5.91 Å². The van der Waals surface area contributed by atoms with Gasteiger partial charge in [-0.3, -0.25) is 14.7 Å². The maximum atomic E-state index is 12.7. The summed E-state index contributed by atoms with van der Waals surface area (Å²) in [4.78, 5) is 27.2. The minimum atomic E-state index is -0.175. The van der Waals surface area contributed by atoms with Crippen LogP contribution in [0.4, 0.5) is 0 Å². The molecule has 1 saturated heterocycles. The first kappa shape index (κ1) is 18.0. The molecule has 2 fully saturated rings. The van der Waals surface area contributed by atoms with E-state index in [1.165, 1.54) is 0 Å². The lowest BCUT2D eigenvalue weighted by Crippen LogP contribution is -2.45. The van der Waals surface area contributed by atoms with Crippen molar-refractivity contribution in [2.75, 3.05) is 13.1 Å². The van der Waals surface area contributed by atoms with Crippen LogP contribution in [0.15, 0.2) is 6.07 Å². The number of hydrogen-bond acceptors (Lipinski definition) is 3. The summed E-state index contributed by atoms with van der Waals surface area (Å²) < 4.78 is 0. The molecule has 6 heteroatoms. The summed E-state index contributed by atoms with van der Waals surface area (Å²) in [7, 11) is 0. The van der Waals surface area contributed by atoms with Gasteiger partial charge >= 0.3 is 0 Å². The van der Waals surface area contributed by atoms with Gasteiger partial charge in [0.15, 0.2) is 0 Å². The van der Waals surface area contributed by atoms with Crippen molar-refractivity contribution < 1.29 is 9.59 Å². The fraction of sp³-hybridized carbons (Fsp3) is 0.737. The molecule has 2 amide bonds. The van der Waals surface area contributed by atoms with Crippen molar-refractivity contribution in [3.63, 3.8) is 0 Å². The van der Waals surface area contributed by atoms with E-state index in [0.717, 1.165) is 44.2 Å². The first-order valence-electron chi connectivity index (χ1n) is 9.61. The molecule has 138 valence electrons. The Balaban J connectivity index is 1.57. The Kier molecular flexibility index (Phi) is 5.16. The second-order valence-corrected chi connectivity index (χ2v) is 7.91.